The first-order chi connectivity index (χ1) is 6.90. The normalized spacial score (nSPS) is 21.6. The van der Waals surface area contributed by atoms with Crippen molar-refractivity contribution >= 4 is 0 Å². The zero-order valence-corrected chi connectivity index (χ0v) is 8.19. The van der Waals surface area contributed by atoms with E-state index in [1.807, 2.05) is 6.20 Å². The first-order valence-corrected chi connectivity index (χ1v) is 5.14. The molecule has 0 aromatic carbocycles. The minimum atomic E-state index is 0.205. The van der Waals surface area contributed by atoms with Gasteiger partial charge in [0.2, 0.25) is 0 Å². The fraction of sp³-hybridized carbons (Fsp3) is 0.778. The summed E-state index contributed by atoms with van der Waals surface area (Å²) in [5.74, 6) is 0. The Morgan fingerprint density at radius 2 is 2.57 bits per heavy atom. The Balaban J connectivity index is 1.94. The van der Waals surface area contributed by atoms with Crippen molar-refractivity contribution in [2.45, 2.75) is 31.8 Å². The van der Waals surface area contributed by atoms with Crippen LogP contribution in [-0.4, -0.2) is 33.3 Å². The first-order valence-electron chi connectivity index (χ1n) is 5.14. The third kappa shape index (κ3) is 2.10. The van der Waals surface area contributed by atoms with Crippen LogP contribution in [0.5, 0.6) is 0 Å². The van der Waals surface area contributed by atoms with Gasteiger partial charge in [-0.1, -0.05) is 5.21 Å². The molecule has 5 heteroatoms. The van der Waals surface area contributed by atoms with Gasteiger partial charge in [-0.05, 0) is 25.8 Å². The van der Waals surface area contributed by atoms with Crippen LogP contribution >= 0.6 is 0 Å². The zero-order valence-electron chi connectivity index (χ0n) is 8.19. The van der Waals surface area contributed by atoms with E-state index in [4.69, 9.17) is 5.11 Å². The Bertz CT molecular complexity index is 280. The summed E-state index contributed by atoms with van der Waals surface area (Å²) >= 11 is 0. The highest BCUT2D eigenvalue weighted by Gasteiger charge is 2.18. The predicted octanol–water partition coefficient (Wildman–Crippen LogP) is 0.0850. The van der Waals surface area contributed by atoms with Gasteiger partial charge in [-0.2, -0.15) is 0 Å². The predicted molar refractivity (Wildman–Crippen MR) is 51.7 cm³/mol. The molecule has 0 radical (unpaired) electrons. The van der Waals surface area contributed by atoms with E-state index in [1.165, 1.54) is 6.42 Å². The van der Waals surface area contributed by atoms with Crippen molar-refractivity contribution in [2.75, 3.05) is 13.2 Å². The van der Waals surface area contributed by atoms with Crippen molar-refractivity contribution in [2.24, 2.45) is 0 Å². The number of aliphatic hydroxyl groups excluding tert-OH is 1. The van der Waals surface area contributed by atoms with Crippen LogP contribution in [0.25, 0.3) is 0 Å². The largest absolute Gasteiger partial charge is 0.396 e. The highest BCUT2D eigenvalue weighted by atomic mass is 16.3. The molecule has 2 heterocycles. The summed E-state index contributed by atoms with van der Waals surface area (Å²) in [7, 11) is 0. The molecule has 0 bridgehead atoms. The lowest BCUT2D eigenvalue weighted by Crippen LogP contribution is -2.13. The number of aryl methyl sites for hydroxylation is 1. The van der Waals surface area contributed by atoms with Crippen LogP contribution in [0, 0.1) is 0 Å². The number of nitrogens with one attached hydrogen (secondary N) is 1. The molecular weight excluding hydrogens is 180 g/mol. The average molecular weight is 196 g/mol. The van der Waals surface area contributed by atoms with Crippen LogP contribution in [0.2, 0.25) is 0 Å². The van der Waals surface area contributed by atoms with Gasteiger partial charge in [0.15, 0.2) is 0 Å². The van der Waals surface area contributed by atoms with Crippen molar-refractivity contribution < 1.29 is 5.11 Å². The molecule has 1 aromatic rings. The molecule has 1 unspecified atom stereocenters. The molecule has 1 aromatic heterocycles. The topological polar surface area (TPSA) is 63.0 Å². The number of aliphatic hydroxyl groups is 1. The van der Waals surface area contributed by atoms with Crippen LogP contribution in [0.1, 0.15) is 31.0 Å². The standard InChI is InChI=1S/C9H16N4O/c14-6-2-5-13-7-9(11-12-13)8-3-1-4-10-8/h7-8,10,14H,1-6H2. The summed E-state index contributed by atoms with van der Waals surface area (Å²) in [4.78, 5) is 0. The van der Waals surface area contributed by atoms with Gasteiger partial charge in [-0.25, -0.2) is 0 Å². The van der Waals surface area contributed by atoms with Crippen LogP contribution < -0.4 is 5.32 Å². The second kappa shape index (κ2) is 4.52. The minimum absolute atomic E-state index is 0.205. The van der Waals surface area contributed by atoms with E-state index >= 15 is 0 Å². The number of aromatic nitrogens is 3. The maximum atomic E-state index is 8.67. The smallest absolute Gasteiger partial charge is 0.0996 e. The SMILES string of the molecule is OCCCn1cc(C2CCCN2)nn1. The van der Waals surface area contributed by atoms with E-state index < -0.39 is 0 Å². The second-order valence-electron chi connectivity index (χ2n) is 3.63. The van der Waals surface area contributed by atoms with E-state index in [2.05, 4.69) is 15.6 Å². The van der Waals surface area contributed by atoms with Crippen LogP contribution in [0.15, 0.2) is 6.20 Å². The minimum Gasteiger partial charge on any atom is -0.396 e. The Kier molecular flexibility index (Phi) is 3.10. The molecule has 2 rings (SSSR count). The molecule has 1 atom stereocenters. The molecule has 0 saturated carbocycles. The van der Waals surface area contributed by atoms with Crippen molar-refractivity contribution in [1.29, 1.82) is 0 Å². The van der Waals surface area contributed by atoms with Crippen LogP contribution in [-0.2, 0) is 6.54 Å². The van der Waals surface area contributed by atoms with Crippen molar-refractivity contribution in [3.63, 3.8) is 0 Å². The lowest BCUT2D eigenvalue weighted by atomic mass is 10.2. The Morgan fingerprint density at radius 3 is 3.29 bits per heavy atom. The van der Waals surface area contributed by atoms with Crippen LogP contribution in [0.3, 0.4) is 0 Å². The first kappa shape index (κ1) is 9.61. The Hall–Kier alpha value is -0.940. The Morgan fingerprint density at radius 1 is 1.64 bits per heavy atom. The molecule has 1 aliphatic heterocycles. The van der Waals surface area contributed by atoms with Gasteiger partial charge < -0.3 is 10.4 Å². The fourth-order valence-electron chi connectivity index (χ4n) is 1.75. The van der Waals surface area contributed by atoms with Gasteiger partial charge in [0.1, 0.15) is 0 Å². The molecule has 0 spiro atoms. The summed E-state index contributed by atoms with van der Waals surface area (Å²) in [5.41, 5.74) is 1.03. The number of rotatable bonds is 4. The molecular formula is C9H16N4O. The number of hydrogen-bond acceptors (Lipinski definition) is 4. The molecule has 2 N–H and O–H groups in total. The third-order valence-corrected chi connectivity index (χ3v) is 2.52. The summed E-state index contributed by atoms with van der Waals surface area (Å²) in [5, 5.41) is 20.2. The van der Waals surface area contributed by atoms with Crippen molar-refractivity contribution in [3.05, 3.63) is 11.9 Å². The van der Waals surface area contributed by atoms with E-state index in [1.54, 1.807) is 4.68 Å². The van der Waals surface area contributed by atoms with E-state index in [9.17, 15) is 0 Å². The zero-order chi connectivity index (χ0) is 9.80. The highest BCUT2D eigenvalue weighted by Crippen LogP contribution is 2.20. The van der Waals surface area contributed by atoms with E-state index in [0.29, 0.717) is 6.04 Å². The van der Waals surface area contributed by atoms with E-state index in [-0.39, 0.29) is 6.61 Å². The molecule has 5 nitrogen and oxygen atoms in total. The van der Waals surface area contributed by atoms with Gasteiger partial charge >= 0.3 is 0 Å². The molecule has 14 heavy (non-hydrogen) atoms. The second-order valence-corrected chi connectivity index (χ2v) is 3.63. The van der Waals surface area contributed by atoms with Gasteiger partial charge in [-0.3, -0.25) is 4.68 Å². The molecule has 0 aliphatic carbocycles. The summed E-state index contributed by atoms with van der Waals surface area (Å²) in [6.07, 6.45) is 5.08. The maximum absolute atomic E-state index is 8.67. The lowest BCUT2D eigenvalue weighted by molar-refractivity contribution is 0.276. The number of hydrogen-bond donors (Lipinski definition) is 2. The summed E-state index contributed by atoms with van der Waals surface area (Å²) in [6.45, 7) is 2.03. The Labute approximate surface area is 83.1 Å². The molecule has 1 saturated heterocycles. The quantitative estimate of drug-likeness (QED) is 0.716. The molecule has 78 valence electrons. The maximum Gasteiger partial charge on any atom is 0.0996 e. The number of nitrogens with zero attached hydrogens (tertiary/aromatic N) is 3. The summed E-state index contributed by atoms with van der Waals surface area (Å²) < 4.78 is 1.80. The summed E-state index contributed by atoms with van der Waals surface area (Å²) in [6, 6.07) is 0.387. The van der Waals surface area contributed by atoms with Gasteiger partial charge in [0.25, 0.3) is 0 Å². The van der Waals surface area contributed by atoms with Crippen molar-refractivity contribution in [1.82, 2.24) is 20.3 Å². The average Bonchev–Trinajstić information content (AvgIpc) is 2.85. The highest BCUT2D eigenvalue weighted by molar-refractivity contribution is 5.02. The van der Waals surface area contributed by atoms with Crippen molar-refractivity contribution in [3.8, 4) is 0 Å². The van der Waals surface area contributed by atoms with E-state index in [0.717, 1.165) is 31.6 Å². The van der Waals surface area contributed by atoms with Gasteiger partial charge in [-0.15, -0.1) is 5.10 Å². The lowest BCUT2D eigenvalue weighted by Gasteiger charge is -2.03. The fourth-order valence-corrected chi connectivity index (χ4v) is 1.75. The monoisotopic (exact) mass is 196 g/mol. The third-order valence-electron chi connectivity index (χ3n) is 2.52. The van der Waals surface area contributed by atoms with Crippen LogP contribution in [0.4, 0.5) is 0 Å². The van der Waals surface area contributed by atoms with Gasteiger partial charge in [0.05, 0.1) is 17.9 Å². The molecule has 0 amide bonds. The molecule has 1 aliphatic rings. The molecule has 1 fully saturated rings. The van der Waals surface area contributed by atoms with Gasteiger partial charge in [0, 0.05) is 13.2 Å².